The minimum atomic E-state index is -0.274. The third-order valence-electron chi connectivity index (χ3n) is 2.95. The second-order valence-corrected chi connectivity index (χ2v) is 5.75. The molecule has 1 saturated carbocycles. The summed E-state index contributed by atoms with van der Waals surface area (Å²) in [4.78, 5) is 15.7. The van der Waals surface area contributed by atoms with Gasteiger partial charge in [0.2, 0.25) is 0 Å². The Bertz CT molecular complexity index is 477. The van der Waals surface area contributed by atoms with E-state index in [9.17, 15) is 4.79 Å². The Hall–Kier alpha value is -1.21. The summed E-state index contributed by atoms with van der Waals surface area (Å²) < 4.78 is 0.756. The van der Waals surface area contributed by atoms with Gasteiger partial charge in [-0.1, -0.05) is 12.8 Å². The zero-order valence-corrected chi connectivity index (χ0v) is 12.7. The number of hydrogen-bond donors (Lipinski definition) is 3. The van der Waals surface area contributed by atoms with Gasteiger partial charge in [-0.3, -0.25) is 20.6 Å². The molecule has 1 aliphatic carbocycles. The van der Waals surface area contributed by atoms with E-state index >= 15 is 0 Å². The first-order chi connectivity index (χ1) is 9.15. The minimum absolute atomic E-state index is 0.274. The van der Waals surface area contributed by atoms with Crippen molar-refractivity contribution < 1.29 is 4.79 Å². The molecule has 1 amide bonds. The van der Waals surface area contributed by atoms with Crippen molar-refractivity contribution in [2.45, 2.75) is 31.7 Å². The van der Waals surface area contributed by atoms with Crippen LogP contribution in [0.4, 0.5) is 0 Å². The van der Waals surface area contributed by atoms with Crippen LogP contribution in [0.2, 0.25) is 0 Å². The van der Waals surface area contributed by atoms with Crippen LogP contribution in [0.5, 0.6) is 0 Å². The molecular weight excluding hydrogens is 328 g/mol. The van der Waals surface area contributed by atoms with E-state index in [1.165, 1.54) is 19.0 Å². The summed E-state index contributed by atoms with van der Waals surface area (Å²) in [5.74, 6) is -0.274. The van der Waals surface area contributed by atoms with Gasteiger partial charge in [0.05, 0.1) is 5.56 Å². The summed E-state index contributed by atoms with van der Waals surface area (Å²) in [6, 6.07) is 2.11. The number of nitrogens with one attached hydrogen (secondary N) is 3. The molecule has 1 aromatic rings. The summed E-state index contributed by atoms with van der Waals surface area (Å²) in [5, 5.41) is 3.63. The number of hydrogen-bond acceptors (Lipinski definition) is 3. The normalized spacial score (nSPS) is 15.0. The summed E-state index contributed by atoms with van der Waals surface area (Å²) in [7, 11) is 0. The van der Waals surface area contributed by atoms with Gasteiger partial charge in [0.25, 0.3) is 5.91 Å². The van der Waals surface area contributed by atoms with Gasteiger partial charge in [-0.05, 0) is 47.1 Å². The highest BCUT2D eigenvalue weighted by Gasteiger charge is 2.15. The van der Waals surface area contributed by atoms with Crippen molar-refractivity contribution in [2.24, 2.45) is 0 Å². The van der Waals surface area contributed by atoms with Crippen molar-refractivity contribution >= 4 is 39.2 Å². The number of carbonyl (C=O) groups is 1. The molecule has 0 atom stereocenters. The van der Waals surface area contributed by atoms with E-state index in [2.05, 4.69) is 37.1 Å². The third-order valence-corrected chi connectivity index (χ3v) is 3.60. The fourth-order valence-electron chi connectivity index (χ4n) is 2.01. The molecule has 7 heteroatoms. The Kier molecular flexibility index (Phi) is 5.09. The average Bonchev–Trinajstić information content (AvgIpc) is 2.88. The van der Waals surface area contributed by atoms with Gasteiger partial charge < -0.3 is 5.32 Å². The maximum absolute atomic E-state index is 11.8. The molecule has 102 valence electrons. The van der Waals surface area contributed by atoms with E-state index in [0.29, 0.717) is 16.7 Å². The molecule has 1 fully saturated rings. The molecule has 19 heavy (non-hydrogen) atoms. The lowest BCUT2D eigenvalue weighted by atomic mass is 10.3. The Morgan fingerprint density at radius 3 is 2.74 bits per heavy atom. The Balaban J connectivity index is 1.78. The maximum atomic E-state index is 11.8. The summed E-state index contributed by atoms with van der Waals surface area (Å²) in [6.07, 6.45) is 7.84. The van der Waals surface area contributed by atoms with Crippen molar-refractivity contribution in [1.29, 1.82) is 0 Å². The number of amides is 1. The summed E-state index contributed by atoms with van der Waals surface area (Å²) in [5.41, 5.74) is 5.71. The largest absolute Gasteiger partial charge is 0.359 e. The molecule has 1 aromatic heterocycles. The van der Waals surface area contributed by atoms with Crippen molar-refractivity contribution in [3.05, 3.63) is 28.5 Å². The van der Waals surface area contributed by atoms with Gasteiger partial charge in [-0.15, -0.1) is 0 Å². The van der Waals surface area contributed by atoms with Crippen LogP contribution in [-0.2, 0) is 0 Å². The molecule has 0 bridgehead atoms. The van der Waals surface area contributed by atoms with Crippen molar-refractivity contribution in [3.63, 3.8) is 0 Å². The standard InChI is InChI=1S/C12H15BrN4OS/c13-9-5-8(6-14-7-9)11(18)16-17-12(19)15-10-3-1-2-4-10/h5-7,10H,1-4H2,(H,16,18)(H2,15,17,19). The summed E-state index contributed by atoms with van der Waals surface area (Å²) in [6.45, 7) is 0. The van der Waals surface area contributed by atoms with Crippen LogP contribution in [0, 0.1) is 0 Å². The van der Waals surface area contributed by atoms with E-state index in [4.69, 9.17) is 12.2 Å². The van der Waals surface area contributed by atoms with E-state index in [1.807, 2.05) is 0 Å². The second-order valence-electron chi connectivity index (χ2n) is 4.43. The van der Waals surface area contributed by atoms with Crippen LogP contribution in [0.25, 0.3) is 0 Å². The quantitative estimate of drug-likeness (QED) is 0.565. The monoisotopic (exact) mass is 342 g/mol. The lowest BCUT2D eigenvalue weighted by molar-refractivity contribution is 0.0943. The zero-order chi connectivity index (χ0) is 13.7. The number of nitrogens with zero attached hydrogens (tertiary/aromatic N) is 1. The highest BCUT2D eigenvalue weighted by molar-refractivity contribution is 9.10. The molecule has 0 spiro atoms. The molecule has 0 saturated heterocycles. The van der Waals surface area contributed by atoms with Crippen molar-refractivity contribution in [3.8, 4) is 0 Å². The molecule has 1 aliphatic rings. The van der Waals surface area contributed by atoms with Gasteiger partial charge in [0.15, 0.2) is 5.11 Å². The van der Waals surface area contributed by atoms with Crippen LogP contribution in [0.15, 0.2) is 22.9 Å². The van der Waals surface area contributed by atoms with Crippen LogP contribution in [0.3, 0.4) is 0 Å². The molecule has 0 radical (unpaired) electrons. The number of pyridine rings is 1. The highest BCUT2D eigenvalue weighted by Crippen LogP contribution is 2.17. The number of rotatable bonds is 2. The number of aromatic nitrogens is 1. The lowest BCUT2D eigenvalue weighted by Crippen LogP contribution is -2.49. The molecule has 0 aromatic carbocycles. The number of halogens is 1. The SMILES string of the molecule is O=C(NNC(=S)NC1CCCC1)c1cncc(Br)c1. The van der Waals surface area contributed by atoms with E-state index in [-0.39, 0.29) is 5.91 Å². The smallest absolute Gasteiger partial charge is 0.271 e. The molecule has 0 unspecified atom stereocenters. The van der Waals surface area contributed by atoms with Gasteiger partial charge >= 0.3 is 0 Å². The molecule has 5 nitrogen and oxygen atoms in total. The lowest BCUT2D eigenvalue weighted by Gasteiger charge is -2.16. The molecule has 2 rings (SSSR count). The van der Waals surface area contributed by atoms with Gasteiger partial charge in [0.1, 0.15) is 0 Å². The third kappa shape index (κ3) is 4.43. The first-order valence-electron chi connectivity index (χ1n) is 6.12. The summed E-state index contributed by atoms with van der Waals surface area (Å²) >= 11 is 8.39. The predicted molar refractivity (Wildman–Crippen MR) is 80.5 cm³/mol. The molecule has 1 heterocycles. The predicted octanol–water partition coefficient (Wildman–Crippen LogP) is 1.90. The van der Waals surface area contributed by atoms with E-state index in [1.54, 1.807) is 12.3 Å². The van der Waals surface area contributed by atoms with Crippen molar-refractivity contribution in [2.75, 3.05) is 0 Å². The van der Waals surface area contributed by atoms with Crippen LogP contribution in [-0.4, -0.2) is 22.0 Å². The fraction of sp³-hybridized carbons (Fsp3) is 0.417. The number of carbonyl (C=O) groups excluding carboxylic acids is 1. The maximum Gasteiger partial charge on any atom is 0.271 e. The zero-order valence-electron chi connectivity index (χ0n) is 10.3. The molecule has 3 N–H and O–H groups in total. The van der Waals surface area contributed by atoms with Crippen molar-refractivity contribution in [1.82, 2.24) is 21.2 Å². The van der Waals surface area contributed by atoms with Gasteiger partial charge in [-0.25, -0.2) is 0 Å². The Labute approximate surface area is 125 Å². The first-order valence-corrected chi connectivity index (χ1v) is 7.32. The van der Waals surface area contributed by atoms with Gasteiger partial charge in [0, 0.05) is 22.9 Å². The van der Waals surface area contributed by atoms with Crippen LogP contribution in [0.1, 0.15) is 36.0 Å². The number of hydrazine groups is 1. The van der Waals surface area contributed by atoms with Crippen LogP contribution < -0.4 is 16.2 Å². The topological polar surface area (TPSA) is 66.1 Å². The van der Waals surface area contributed by atoms with E-state index < -0.39 is 0 Å². The molecular formula is C12H15BrN4OS. The van der Waals surface area contributed by atoms with E-state index in [0.717, 1.165) is 17.3 Å². The Morgan fingerprint density at radius 1 is 1.32 bits per heavy atom. The van der Waals surface area contributed by atoms with Crippen LogP contribution >= 0.6 is 28.1 Å². The minimum Gasteiger partial charge on any atom is -0.359 e. The fourth-order valence-corrected chi connectivity index (χ4v) is 2.60. The average molecular weight is 343 g/mol. The highest BCUT2D eigenvalue weighted by atomic mass is 79.9. The van der Waals surface area contributed by atoms with Gasteiger partial charge in [-0.2, -0.15) is 0 Å². The number of thiocarbonyl (C=S) groups is 1. The second kappa shape index (κ2) is 6.81. The Morgan fingerprint density at radius 2 is 2.05 bits per heavy atom. The molecule has 0 aliphatic heterocycles. The first kappa shape index (κ1) is 14.2.